The van der Waals surface area contributed by atoms with Crippen LogP contribution in [0, 0.1) is 6.92 Å². The Morgan fingerprint density at radius 2 is 2.00 bits per heavy atom. The van der Waals surface area contributed by atoms with Crippen molar-refractivity contribution < 1.29 is 9.47 Å². The fourth-order valence-electron chi connectivity index (χ4n) is 1.53. The Balaban J connectivity index is 2.53. The molecule has 1 aromatic carbocycles. The van der Waals surface area contributed by atoms with Gasteiger partial charge in [-0.1, -0.05) is 0 Å². The first-order chi connectivity index (χ1) is 5.77. The first kappa shape index (κ1) is 7.47. The van der Waals surface area contributed by atoms with Gasteiger partial charge in [0.1, 0.15) is 11.5 Å². The predicted octanol–water partition coefficient (Wildman–Crippen LogP) is 1.79. The van der Waals surface area contributed by atoms with E-state index < -0.39 is 0 Å². The highest BCUT2D eigenvalue weighted by molar-refractivity contribution is 5.65. The van der Waals surface area contributed by atoms with Gasteiger partial charge in [0.25, 0.3) is 0 Å². The average molecular weight is 163 g/mol. The molecule has 1 aromatic rings. The number of methoxy groups -OCH3 is 2. The molecule has 0 saturated carbocycles. The maximum absolute atomic E-state index is 5.21. The molecule has 0 amide bonds. The van der Waals surface area contributed by atoms with Crippen LogP contribution in [0.2, 0.25) is 0 Å². The third-order valence-electron chi connectivity index (χ3n) is 2.19. The van der Waals surface area contributed by atoms with Crippen LogP contribution >= 0.6 is 0 Å². The highest BCUT2D eigenvalue weighted by Crippen LogP contribution is 2.45. The first-order valence-electron chi connectivity index (χ1n) is 3.86. The molecule has 0 fully saturated rings. The number of hydrogen-bond acceptors (Lipinski definition) is 2. The van der Waals surface area contributed by atoms with Gasteiger partial charge in [0.05, 0.1) is 14.2 Å². The Bertz CT molecular complexity index is 325. The molecule has 0 saturated heterocycles. The van der Waals surface area contributed by atoms with Crippen molar-refractivity contribution >= 4 is 0 Å². The van der Waals surface area contributed by atoms with E-state index in [-0.39, 0.29) is 0 Å². The van der Waals surface area contributed by atoms with E-state index in [1.807, 2.05) is 6.07 Å². The predicted molar refractivity (Wildman–Crippen MR) is 46.8 cm³/mol. The Kier molecular flexibility index (Phi) is 1.50. The molecule has 63 valence electrons. The van der Waals surface area contributed by atoms with Crippen LogP contribution in [0.15, 0.2) is 6.07 Å². The van der Waals surface area contributed by atoms with E-state index in [2.05, 4.69) is 6.92 Å². The molecular weight excluding hydrogens is 152 g/mol. The molecule has 1 radical (unpaired) electrons. The minimum atomic E-state index is 0.908. The van der Waals surface area contributed by atoms with E-state index in [9.17, 15) is 0 Å². The van der Waals surface area contributed by atoms with Gasteiger partial charge in [-0.05, 0) is 18.6 Å². The number of rotatable bonds is 2. The zero-order valence-electron chi connectivity index (χ0n) is 7.31. The topological polar surface area (TPSA) is 18.5 Å². The number of benzene rings is 1. The molecule has 0 heterocycles. The molecule has 2 rings (SSSR count). The van der Waals surface area contributed by atoms with E-state index in [0.29, 0.717) is 0 Å². The van der Waals surface area contributed by atoms with E-state index in [1.165, 1.54) is 11.1 Å². The van der Waals surface area contributed by atoms with E-state index in [4.69, 9.17) is 9.47 Å². The summed E-state index contributed by atoms with van der Waals surface area (Å²) in [6.45, 7) is 3.89. The first-order valence-corrected chi connectivity index (χ1v) is 3.86. The van der Waals surface area contributed by atoms with Gasteiger partial charge in [0, 0.05) is 17.5 Å². The molecular formula is C10H11O2. The summed E-state index contributed by atoms with van der Waals surface area (Å²) < 4.78 is 10.4. The highest BCUT2D eigenvalue weighted by Gasteiger charge is 2.28. The number of hydrogen-bond donors (Lipinski definition) is 0. The van der Waals surface area contributed by atoms with E-state index in [0.717, 1.165) is 23.5 Å². The smallest absolute Gasteiger partial charge is 0.126 e. The molecule has 0 N–H and O–H groups in total. The molecule has 0 aromatic heterocycles. The lowest BCUT2D eigenvalue weighted by Crippen LogP contribution is -1.88. The fourth-order valence-corrected chi connectivity index (χ4v) is 1.53. The second-order valence-corrected chi connectivity index (χ2v) is 2.91. The zero-order chi connectivity index (χ0) is 8.72. The second-order valence-electron chi connectivity index (χ2n) is 2.91. The molecule has 1 aliphatic rings. The minimum Gasteiger partial charge on any atom is -0.496 e. The standard InChI is InChI=1S/C10H11O2/c1-6-4-9(11-2)7-5-8(7)10(6)12-3/h4H,1,5H2,2-3H3. The molecule has 0 spiro atoms. The molecule has 0 bridgehead atoms. The van der Waals surface area contributed by atoms with Gasteiger partial charge in [-0.25, -0.2) is 0 Å². The van der Waals surface area contributed by atoms with Crippen LogP contribution in [-0.4, -0.2) is 14.2 Å². The quantitative estimate of drug-likeness (QED) is 0.672. The van der Waals surface area contributed by atoms with Crippen molar-refractivity contribution in [2.75, 3.05) is 14.2 Å². The van der Waals surface area contributed by atoms with Crippen LogP contribution in [0.4, 0.5) is 0 Å². The Hall–Kier alpha value is -1.18. The summed E-state index contributed by atoms with van der Waals surface area (Å²) in [5.41, 5.74) is 3.43. The van der Waals surface area contributed by atoms with E-state index in [1.54, 1.807) is 14.2 Å². The zero-order valence-corrected chi connectivity index (χ0v) is 7.31. The lowest BCUT2D eigenvalue weighted by Gasteiger charge is -2.05. The number of ether oxygens (including phenoxy) is 2. The normalized spacial score (nSPS) is 12.2. The van der Waals surface area contributed by atoms with Crippen LogP contribution in [0.5, 0.6) is 11.5 Å². The van der Waals surface area contributed by atoms with Crippen LogP contribution < -0.4 is 9.47 Å². The number of fused-ring (bicyclic) bond motifs is 1. The van der Waals surface area contributed by atoms with Gasteiger partial charge in [-0.2, -0.15) is 0 Å². The summed E-state index contributed by atoms with van der Waals surface area (Å²) in [5.74, 6) is 1.86. The maximum Gasteiger partial charge on any atom is 0.126 e. The van der Waals surface area contributed by atoms with Crippen molar-refractivity contribution in [3.05, 3.63) is 29.7 Å². The van der Waals surface area contributed by atoms with Crippen molar-refractivity contribution in [1.29, 1.82) is 0 Å². The molecule has 2 heteroatoms. The molecule has 12 heavy (non-hydrogen) atoms. The Morgan fingerprint density at radius 1 is 1.25 bits per heavy atom. The fraction of sp³-hybridized carbons (Fsp3) is 0.300. The van der Waals surface area contributed by atoms with Gasteiger partial charge in [-0.15, -0.1) is 0 Å². The van der Waals surface area contributed by atoms with Crippen molar-refractivity contribution in [2.24, 2.45) is 0 Å². The van der Waals surface area contributed by atoms with Crippen molar-refractivity contribution in [3.63, 3.8) is 0 Å². The third-order valence-corrected chi connectivity index (χ3v) is 2.19. The van der Waals surface area contributed by atoms with E-state index >= 15 is 0 Å². The van der Waals surface area contributed by atoms with Gasteiger partial charge < -0.3 is 9.47 Å². The Labute approximate surface area is 72.1 Å². The average Bonchev–Trinajstić information content (AvgIpc) is 2.82. The molecule has 1 aliphatic carbocycles. The highest BCUT2D eigenvalue weighted by atomic mass is 16.5. The van der Waals surface area contributed by atoms with Crippen LogP contribution in [0.25, 0.3) is 0 Å². The van der Waals surface area contributed by atoms with Crippen LogP contribution in [0.1, 0.15) is 16.7 Å². The summed E-state index contributed by atoms with van der Waals surface area (Å²) in [7, 11) is 3.36. The van der Waals surface area contributed by atoms with Gasteiger partial charge >= 0.3 is 0 Å². The van der Waals surface area contributed by atoms with Crippen LogP contribution in [0.3, 0.4) is 0 Å². The third kappa shape index (κ3) is 0.876. The minimum absolute atomic E-state index is 0.908. The van der Waals surface area contributed by atoms with Crippen molar-refractivity contribution in [2.45, 2.75) is 6.42 Å². The molecule has 2 nitrogen and oxygen atoms in total. The monoisotopic (exact) mass is 163 g/mol. The lowest BCUT2D eigenvalue weighted by atomic mass is 10.2. The summed E-state index contributed by atoms with van der Waals surface area (Å²) in [6.07, 6.45) is 0.988. The molecule has 0 aliphatic heterocycles. The van der Waals surface area contributed by atoms with Gasteiger partial charge in [-0.3, -0.25) is 0 Å². The molecule has 0 unspecified atom stereocenters. The van der Waals surface area contributed by atoms with Gasteiger partial charge in [0.2, 0.25) is 0 Å². The SMILES string of the molecule is [CH2]c1cc(OC)c2c(c1OC)C2. The summed E-state index contributed by atoms with van der Waals surface area (Å²) in [4.78, 5) is 0. The summed E-state index contributed by atoms with van der Waals surface area (Å²) in [5, 5.41) is 0. The van der Waals surface area contributed by atoms with Gasteiger partial charge in [0.15, 0.2) is 0 Å². The summed E-state index contributed by atoms with van der Waals surface area (Å²) >= 11 is 0. The second kappa shape index (κ2) is 2.41. The largest absolute Gasteiger partial charge is 0.496 e. The summed E-state index contributed by atoms with van der Waals surface area (Å²) in [6, 6.07) is 1.92. The lowest BCUT2D eigenvalue weighted by molar-refractivity contribution is 0.403. The van der Waals surface area contributed by atoms with Crippen molar-refractivity contribution in [3.8, 4) is 11.5 Å². The van der Waals surface area contributed by atoms with Crippen molar-refractivity contribution in [1.82, 2.24) is 0 Å². The Morgan fingerprint density at radius 3 is 2.58 bits per heavy atom. The maximum atomic E-state index is 5.21. The molecule has 0 atom stereocenters. The van der Waals surface area contributed by atoms with Crippen LogP contribution in [-0.2, 0) is 6.42 Å².